The molecule has 0 aromatic rings. The maximum atomic E-state index is 11.5. The highest BCUT2D eigenvalue weighted by Gasteiger charge is 2.15. The topological polar surface area (TPSA) is 149 Å². The number of rotatable bonds is 39. The van der Waals surface area contributed by atoms with Gasteiger partial charge in [-0.1, -0.05) is 13.3 Å². The second-order valence-electron chi connectivity index (χ2n) is 11.1. The molecule has 1 amide bonds. The first-order valence-corrected chi connectivity index (χ1v) is 17.4. The van der Waals surface area contributed by atoms with Gasteiger partial charge in [-0.25, -0.2) is 4.79 Å². The van der Waals surface area contributed by atoms with Crippen LogP contribution in [0.4, 0.5) is 4.79 Å². The number of unbranched alkanes of at least 4 members (excludes halogenated alkanes) is 1. The molecule has 0 rings (SSSR count). The second-order valence-corrected chi connectivity index (χ2v) is 11.1. The Morgan fingerprint density at radius 2 is 0.625 bits per heavy atom. The quantitative estimate of drug-likeness (QED) is 0.0936. The number of alkyl carbamates (subject to hydrolysis) is 1. The summed E-state index contributed by atoms with van der Waals surface area (Å²) in [5.74, 6) is 0. The molecule has 0 radical (unpaired) electrons. The van der Waals surface area contributed by atoms with Gasteiger partial charge >= 0.3 is 6.09 Å². The van der Waals surface area contributed by atoms with E-state index in [1.807, 2.05) is 20.8 Å². The van der Waals surface area contributed by atoms with Crippen LogP contribution in [0.2, 0.25) is 0 Å². The summed E-state index contributed by atoms with van der Waals surface area (Å²) in [5.41, 5.74) is -0.511. The molecular weight excluding hydrogens is 634 g/mol. The number of ether oxygens (including phenoxy) is 13. The second kappa shape index (κ2) is 38.6. The Labute approximate surface area is 289 Å². The summed E-state index contributed by atoms with van der Waals surface area (Å²) in [6.07, 6.45) is 1.78. The summed E-state index contributed by atoms with van der Waals surface area (Å²) in [4.78, 5) is 11.5. The summed E-state index contributed by atoms with van der Waals surface area (Å²) in [5, 5.41) is 2.63. The fourth-order valence-electron chi connectivity index (χ4n) is 3.31. The van der Waals surface area contributed by atoms with Crippen molar-refractivity contribution in [3.63, 3.8) is 0 Å². The van der Waals surface area contributed by atoms with Crippen molar-refractivity contribution in [2.24, 2.45) is 0 Å². The van der Waals surface area contributed by atoms with Gasteiger partial charge in [-0.05, 0) is 27.2 Å². The normalized spacial score (nSPS) is 11.8. The van der Waals surface area contributed by atoms with E-state index in [4.69, 9.17) is 61.6 Å². The minimum absolute atomic E-state index is 0.383. The summed E-state index contributed by atoms with van der Waals surface area (Å²) in [7, 11) is 0. The molecule has 0 spiro atoms. The van der Waals surface area contributed by atoms with Gasteiger partial charge in [0.25, 0.3) is 0 Å². The van der Waals surface area contributed by atoms with Crippen LogP contribution < -0.4 is 5.32 Å². The lowest BCUT2D eigenvalue weighted by Crippen LogP contribution is -2.34. The molecule has 0 aromatic heterocycles. The molecule has 0 aliphatic carbocycles. The molecule has 0 fully saturated rings. The number of hydrogen-bond donors (Lipinski definition) is 1. The molecule has 0 aromatic carbocycles. The zero-order chi connectivity index (χ0) is 35.1. The Balaban J connectivity index is 3.09. The van der Waals surface area contributed by atoms with Gasteiger partial charge < -0.3 is 66.9 Å². The van der Waals surface area contributed by atoms with E-state index in [0.29, 0.717) is 159 Å². The number of carbonyl (C=O) groups is 1. The van der Waals surface area contributed by atoms with Gasteiger partial charge in [0.05, 0.1) is 152 Å². The van der Waals surface area contributed by atoms with Gasteiger partial charge in [-0.3, -0.25) is 0 Å². The van der Waals surface area contributed by atoms with Gasteiger partial charge in [-0.15, -0.1) is 0 Å². The molecule has 0 aliphatic heterocycles. The fraction of sp³-hybridized carbons (Fsp3) is 0.970. The molecule has 0 saturated heterocycles. The third-order valence-corrected chi connectivity index (χ3v) is 5.65. The highest BCUT2D eigenvalue weighted by molar-refractivity contribution is 5.67. The van der Waals surface area contributed by atoms with Crippen LogP contribution in [0, 0.1) is 0 Å². The van der Waals surface area contributed by atoms with E-state index >= 15 is 0 Å². The number of amides is 1. The zero-order valence-corrected chi connectivity index (χ0v) is 30.3. The maximum Gasteiger partial charge on any atom is 0.407 e. The van der Waals surface area contributed by atoms with Crippen molar-refractivity contribution >= 4 is 6.09 Å². The predicted octanol–water partition coefficient (Wildman–Crippen LogP) is 2.51. The Morgan fingerprint density at radius 1 is 0.396 bits per heavy atom. The van der Waals surface area contributed by atoms with Crippen LogP contribution >= 0.6 is 0 Å². The standard InChI is InChI=1S/C33H67NO14/c1-5-6-8-36-10-12-38-14-16-40-18-20-42-22-24-44-26-28-46-30-31-47-29-27-45-25-23-43-21-19-41-17-15-39-13-11-37-9-7-34-32(35)48-33(2,3)4/h5-31H2,1-4H3,(H,34,35). The van der Waals surface area contributed by atoms with E-state index in [9.17, 15) is 4.79 Å². The SMILES string of the molecule is CCCCOCCOCCOCCOCCOCCOCCOCCOCCOCCOCCOCCOCCNC(=O)OC(C)(C)C. The van der Waals surface area contributed by atoms with Crippen LogP contribution in [0.15, 0.2) is 0 Å². The lowest BCUT2D eigenvalue weighted by molar-refractivity contribution is -0.0283. The molecule has 288 valence electrons. The van der Waals surface area contributed by atoms with Crippen LogP contribution in [0.3, 0.4) is 0 Å². The zero-order valence-electron chi connectivity index (χ0n) is 30.3. The molecule has 48 heavy (non-hydrogen) atoms. The maximum absolute atomic E-state index is 11.5. The fourth-order valence-corrected chi connectivity index (χ4v) is 3.31. The first-order valence-electron chi connectivity index (χ1n) is 17.4. The first-order chi connectivity index (χ1) is 23.5. The van der Waals surface area contributed by atoms with E-state index in [2.05, 4.69) is 12.2 Å². The van der Waals surface area contributed by atoms with Gasteiger partial charge in [0.1, 0.15) is 5.60 Å². The van der Waals surface area contributed by atoms with Gasteiger partial charge in [-0.2, -0.15) is 0 Å². The van der Waals surface area contributed by atoms with E-state index < -0.39 is 11.7 Å². The third kappa shape index (κ3) is 42.8. The van der Waals surface area contributed by atoms with Gasteiger partial charge in [0.2, 0.25) is 0 Å². The Bertz CT molecular complexity index is 642. The summed E-state index contributed by atoms with van der Waals surface area (Å²) >= 11 is 0. The molecule has 15 heteroatoms. The van der Waals surface area contributed by atoms with E-state index in [0.717, 1.165) is 19.4 Å². The molecule has 0 saturated carbocycles. The average Bonchev–Trinajstić information content (AvgIpc) is 3.05. The minimum Gasteiger partial charge on any atom is -0.444 e. The van der Waals surface area contributed by atoms with E-state index in [1.54, 1.807) is 0 Å². The predicted molar refractivity (Wildman–Crippen MR) is 179 cm³/mol. The Hall–Kier alpha value is -1.21. The smallest absolute Gasteiger partial charge is 0.407 e. The van der Waals surface area contributed by atoms with Crippen molar-refractivity contribution in [2.45, 2.75) is 46.1 Å². The van der Waals surface area contributed by atoms with Crippen molar-refractivity contribution in [1.82, 2.24) is 5.32 Å². The Morgan fingerprint density at radius 3 is 0.854 bits per heavy atom. The van der Waals surface area contributed by atoms with E-state index in [1.165, 1.54) is 0 Å². The largest absolute Gasteiger partial charge is 0.444 e. The number of carbonyl (C=O) groups excluding carboxylic acids is 1. The summed E-state index contributed by atoms with van der Waals surface area (Å²) in [6.45, 7) is 20.4. The molecule has 0 aliphatic rings. The molecule has 0 bridgehead atoms. The van der Waals surface area contributed by atoms with Gasteiger partial charge in [0.15, 0.2) is 0 Å². The van der Waals surface area contributed by atoms with Crippen molar-refractivity contribution in [1.29, 1.82) is 0 Å². The van der Waals surface area contributed by atoms with Crippen LogP contribution in [0.1, 0.15) is 40.5 Å². The first kappa shape index (κ1) is 46.8. The molecular formula is C33H67NO14. The molecule has 0 heterocycles. The number of nitrogens with one attached hydrogen (secondary N) is 1. The lowest BCUT2D eigenvalue weighted by atomic mass is 10.2. The lowest BCUT2D eigenvalue weighted by Gasteiger charge is -2.19. The molecule has 0 unspecified atom stereocenters. The Kier molecular flexibility index (Phi) is 37.6. The summed E-state index contributed by atoms with van der Waals surface area (Å²) in [6, 6.07) is 0. The van der Waals surface area contributed by atoms with Crippen molar-refractivity contribution < 1.29 is 66.4 Å². The monoisotopic (exact) mass is 701 g/mol. The van der Waals surface area contributed by atoms with Crippen LogP contribution in [-0.4, -0.2) is 177 Å². The molecule has 15 nitrogen and oxygen atoms in total. The van der Waals surface area contributed by atoms with Crippen LogP contribution in [-0.2, 0) is 61.6 Å². The van der Waals surface area contributed by atoms with Crippen molar-refractivity contribution in [3.8, 4) is 0 Å². The highest BCUT2D eigenvalue weighted by atomic mass is 16.6. The van der Waals surface area contributed by atoms with Crippen molar-refractivity contribution in [3.05, 3.63) is 0 Å². The van der Waals surface area contributed by atoms with Crippen molar-refractivity contribution in [2.75, 3.05) is 165 Å². The van der Waals surface area contributed by atoms with Crippen LogP contribution in [0.5, 0.6) is 0 Å². The highest BCUT2D eigenvalue weighted by Crippen LogP contribution is 2.06. The molecule has 0 atom stereocenters. The summed E-state index contributed by atoms with van der Waals surface area (Å²) < 4.78 is 70.6. The number of hydrogen-bond acceptors (Lipinski definition) is 14. The average molecular weight is 702 g/mol. The molecule has 1 N–H and O–H groups in total. The minimum atomic E-state index is -0.511. The van der Waals surface area contributed by atoms with E-state index in [-0.39, 0.29) is 0 Å². The van der Waals surface area contributed by atoms with Gasteiger partial charge in [0, 0.05) is 13.2 Å². The third-order valence-electron chi connectivity index (χ3n) is 5.65. The van der Waals surface area contributed by atoms with Crippen LogP contribution in [0.25, 0.3) is 0 Å².